The molecule has 0 saturated carbocycles. The maximum absolute atomic E-state index is 13.0. The number of aromatic nitrogens is 3. The number of nitrogens with one attached hydrogen (secondary N) is 1. The van der Waals surface area contributed by atoms with Crippen LogP contribution in [0.15, 0.2) is 66.7 Å². The van der Waals surface area contributed by atoms with E-state index in [1.165, 1.54) is 30.6 Å². The van der Waals surface area contributed by atoms with E-state index in [1.54, 1.807) is 0 Å². The van der Waals surface area contributed by atoms with Gasteiger partial charge in [0.05, 0.1) is 11.4 Å². The first kappa shape index (κ1) is 21.3. The van der Waals surface area contributed by atoms with Crippen molar-refractivity contribution >= 4 is 28.7 Å². The smallest absolute Gasteiger partial charge is 0.267 e. The van der Waals surface area contributed by atoms with Crippen LogP contribution in [0.3, 0.4) is 0 Å². The van der Waals surface area contributed by atoms with E-state index in [2.05, 4.69) is 25.4 Å². The summed E-state index contributed by atoms with van der Waals surface area (Å²) in [4.78, 5) is 20.5. The number of rotatable bonds is 5. The van der Waals surface area contributed by atoms with Crippen LogP contribution in [0.1, 0.15) is 34.6 Å². The Bertz CT molecular complexity index is 1250. The molecule has 1 aliphatic rings. The first-order chi connectivity index (χ1) is 16.2. The predicted molar refractivity (Wildman–Crippen MR) is 134 cm³/mol. The number of amides is 1. The lowest BCUT2D eigenvalue weighted by molar-refractivity contribution is 0.103. The second kappa shape index (κ2) is 9.50. The first-order valence-corrected chi connectivity index (χ1v) is 12.0. The van der Waals surface area contributed by atoms with Crippen molar-refractivity contribution in [3.8, 4) is 21.8 Å². The fourth-order valence-corrected chi connectivity index (χ4v) is 4.99. The van der Waals surface area contributed by atoms with Gasteiger partial charge in [0.25, 0.3) is 5.91 Å². The molecule has 0 aliphatic carbocycles. The molecule has 0 radical (unpaired) electrons. The Hall–Kier alpha value is -3.58. The molecule has 0 spiro atoms. The zero-order valence-corrected chi connectivity index (χ0v) is 19.3. The highest BCUT2D eigenvalue weighted by Crippen LogP contribution is 2.29. The van der Waals surface area contributed by atoms with E-state index in [1.807, 2.05) is 73.7 Å². The zero-order valence-electron chi connectivity index (χ0n) is 18.5. The van der Waals surface area contributed by atoms with Crippen molar-refractivity contribution in [2.24, 2.45) is 0 Å². The van der Waals surface area contributed by atoms with Gasteiger partial charge in [-0.25, -0.2) is 4.98 Å². The minimum atomic E-state index is -0.157. The van der Waals surface area contributed by atoms with E-state index in [0.29, 0.717) is 10.6 Å². The van der Waals surface area contributed by atoms with Crippen molar-refractivity contribution in [2.75, 3.05) is 23.3 Å². The number of hydrogen-bond acceptors (Lipinski definition) is 6. The maximum atomic E-state index is 13.0. The highest BCUT2D eigenvalue weighted by molar-refractivity contribution is 7.17. The Labute approximate surface area is 197 Å². The van der Waals surface area contributed by atoms with E-state index in [9.17, 15) is 4.79 Å². The molecule has 2 aromatic carbocycles. The second-order valence-electron chi connectivity index (χ2n) is 8.16. The Morgan fingerprint density at radius 1 is 0.909 bits per heavy atom. The monoisotopic (exact) mass is 455 g/mol. The van der Waals surface area contributed by atoms with Crippen LogP contribution in [0, 0.1) is 6.92 Å². The molecule has 6 nitrogen and oxygen atoms in total. The fourth-order valence-electron chi connectivity index (χ4n) is 4.03. The molecule has 0 unspecified atom stereocenters. The largest absolute Gasteiger partial charge is 0.355 e. The van der Waals surface area contributed by atoms with Crippen molar-refractivity contribution in [2.45, 2.75) is 26.2 Å². The van der Waals surface area contributed by atoms with Crippen LogP contribution in [0.25, 0.3) is 21.8 Å². The van der Waals surface area contributed by atoms with Crippen molar-refractivity contribution in [3.05, 3.63) is 77.3 Å². The normalized spacial score (nSPS) is 13.7. The van der Waals surface area contributed by atoms with Crippen LogP contribution in [0.4, 0.5) is 11.5 Å². The van der Waals surface area contributed by atoms with E-state index < -0.39 is 0 Å². The summed E-state index contributed by atoms with van der Waals surface area (Å²) in [5.74, 6) is 0.772. The molecule has 1 aliphatic heterocycles. The Balaban J connectivity index is 1.32. The van der Waals surface area contributed by atoms with Gasteiger partial charge in [-0.1, -0.05) is 42.5 Å². The molecule has 1 fully saturated rings. The average molecular weight is 456 g/mol. The van der Waals surface area contributed by atoms with Gasteiger partial charge in [-0.3, -0.25) is 4.79 Å². The fraction of sp³-hybridized carbons (Fsp3) is 0.231. The Morgan fingerprint density at radius 3 is 2.45 bits per heavy atom. The zero-order chi connectivity index (χ0) is 22.6. The van der Waals surface area contributed by atoms with E-state index in [-0.39, 0.29) is 5.91 Å². The Morgan fingerprint density at radius 2 is 1.70 bits per heavy atom. The summed E-state index contributed by atoms with van der Waals surface area (Å²) < 4.78 is 0. The number of carbonyl (C=O) groups is 1. The number of nitrogens with zero attached hydrogens (tertiary/aromatic N) is 4. The van der Waals surface area contributed by atoms with Crippen LogP contribution in [-0.4, -0.2) is 34.2 Å². The molecule has 4 aromatic rings. The van der Waals surface area contributed by atoms with E-state index >= 15 is 0 Å². The number of carbonyl (C=O) groups excluding carboxylic acids is 1. The summed E-state index contributed by atoms with van der Waals surface area (Å²) in [6.07, 6.45) is 3.70. The summed E-state index contributed by atoms with van der Waals surface area (Å²) in [7, 11) is 0. The Kier molecular flexibility index (Phi) is 6.13. The van der Waals surface area contributed by atoms with Crippen LogP contribution in [0.5, 0.6) is 0 Å². The van der Waals surface area contributed by atoms with Gasteiger partial charge in [0.15, 0.2) is 5.82 Å². The number of thiazole rings is 1. The summed E-state index contributed by atoms with van der Waals surface area (Å²) >= 11 is 1.41. The third-order valence-electron chi connectivity index (χ3n) is 5.77. The van der Waals surface area contributed by atoms with Gasteiger partial charge in [-0.15, -0.1) is 21.5 Å². The molecule has 0 bridgehead atoms. The molecule has 33 heavy (non-hydrogen) atoms. The van der Waals surface area contributed by atoms with E-state index in [0.717, 1.165) is 46.4 Å². The summed E-state index contributed by atoms with van der Waals surface area (Å²) in [5, 5.41) is 12.7. The molecular formula is C26H25N5OS. The number of aryl methyl sites for hydroxylation is 1. The summed E-state index contributed by atoms with van der Waals surface area (Å²) in [5.41, 5.74) is 4.15. The third kappa shape index (κ3) is 4.78. The van der Waals surface area contributed by atoms with Crippen molar-refractivity contribution < 1.29 is 4.79 Å². The van der Waals surface area contributed by atoms with Gasteiger partial charge < -0.3 is 10.2 Å². The minimum absolute atomic E-state index is 0.157. The predicted octanol–water partition coefficient (Wildman–Crippen LogP) is 5.82. The minimum Gasteiger partial charge on any atom is -0.355 e. The SMILES string of the molecule is Cc1nc(-c2ccccc2)sc1C(=O)Nc1cccc(-c2ccc(N3CCCCC3)nn2)c1. The van der Waals surface area contributed by atoms with Gasteiger partial charge in [-0.05, 0) is 50.5 Å². The first-order valence-electron chi connectivity index (χ1n) is 11.2. The molecule has 1 amide bonds. The lowest BCUT2D eigenvalue weighted by Gasteiger charge is -2.27. The quantitative estimate of drug-likeness (QED) is 0.411. The number of anilines is 2. The molecule has 1 saturated heterocycles. The summed E-state index contributed by atoms with van der Waals surface area (Å²) in [6.45, 7) is 3.95. The average Bonchev–Trinajstić information content (AvgIpc) is 3.27. The molecule has 1 N–H and O–H groups in total. The van der Waals surface area contributed by atoms with Crippen molar-refractivity contribution in [3.63, 3.8) is 0 Å². The van der Waals surface area contributed by atoms with E-state index in [4.69, 9.17) is 0 Å². The molecule has 0 atom stereocenters. The molecule has 166 valence electrons. The van der Waals surface area contributed by atoms with Gasteiger partial charge in [0, 0.05) is 29.9 Å². The molecule has 3 heterocycles. The van der Waals surface area contributed by atoms with Gasteiger partial charge in [0.1, 0.15) is 9.88 Å². The van der Waals surface area contributed by atoms with Crippen LogP contribution < -0.4 is 10.2 Å². The van der Waals surface area contributed by atoms with Crippen molar-refractivity contribution in [1.29, 1.82) is 0 Å². The maximum Gasteiger partial charge on any atom is 0.267 e. The lowest BCUT2D eigenvalue weighted by atomic mass is 10.1. The second-order valence-corrected chi connectivity index (χ2v) is 9.16. The standard InChI is InChI=1S/C26H25N5OS/c1-18-24(33-26(27-18)19-9-4-2-5-10-19)25(32)28-21-12-8-11-20(17-21)22-13-14-23(30-29-22)31-15-6-3-7-16-31/h2,4-5,8-14,17H,3,6-7,15-16H2,1H3,(H,28,32). The molecular weight excluding hydrogens is 430 g/mol. The molecule has 2 aromatic heterocycles. The number of hydrogen-bond donors (Lipinski definition) is 1. The van der Waals surface area contributed by atoms with Crippen LogP contribution >= 0.6 is 11.3 Å². The third-order valence-corrected chi connectivity index (χ3v) is 6.98. The topological polar surface area (TPSA) is 71.0 Å². The van der Waals surface area contributed by atoms with Crippen molar-refractivity contribution in [1.82, 2.24) is 15.2 Å². The van der Waals surface area contributed by atoms with Crippen LogP contribution in [-0.2, 0) is 0 Å². The molecule has 5 rings (SSSR count). The number of benzene rings is 2. The lowest BCUT2D eigenvalue weighted by Crippen LogP contribution is -2.30. The highest BCUT2D eigenvalue weighted by Gasteiger charge is 2.17. The van der Waals surface area contributed by atoms with Gasteiger partial charge in [-0.2, -0.15) is 0 Å². The number of piperidine rings is 1. The highest BCUT2D eigenvalue weighted by atomic mass is 32.1. The molecule has 7 heteroatoms. The van der Waals surface area contributed by atoms with Gasteiger partial charge in [0.2, 0.25) is 0 Å². The van der Waals surface area contributed by atoms with Crippen LogP contribution in [0.2, 0.25) is 0 Å². The van der Waals surface area contributed by atoms with Gasteiger partial charge >= 0.3 is 0 Å². The summed E-state index contributed by atoms with van der Waals surface area (Å²) in [6, 6.07) is 21.6.